The van der Waals surface area contributed by atoms with Crippen LogP contribution in [0.5, 0.6) is 0 Å². The Morgan fingerprint density at radius 1 is 0.886 bits per heavy atom. The van der Waals surface area contributed by atoms with Crippen molar-refractivity contribution >= 4 is 15.9 Å². The molecule has 3 aromatic rings. The summed E-state index contributed by atoms with van der Waals surface area (Å²) in [4.78, 5) is 12.0. The van der Waals surface area contributed by atoms with Crippen LogP contribution in [0.2, 0.25) is 0 Å². The molecule has 35 heavy (non-hydrogen) atoms. The minimum absolute atomic E-state index is 0.0452. The van der Waals surface area contributed by atoms with Gasteiger partial charge in [0.15, 0.2) is 4.90 Å². The van der Waals surface area contributed by atoms with Crippen LogP contribution in [0.1, 0.15) is 23.5 Å². The normalized spacial score (nSPS) is 18.4. The Balaban J connectivity index is 1.42. The number of halogens is 2. The van der Waals surface area contributed by atoms with Gasteiger partial charge in [0.2, 0.25) is 15.9 Å². The quantitative estimate of drug-likeness (QED) is 0.444. The number of nitrogens with one attached hydrogen (secondary N) is 3. The lowest BCUT2D eigenvalue weighted by molar-refractivity contribution is -0.125. The summed E-state index contributed by atoms with van der Waals surface area (Å²) in [5.41, 5.74) is 2.14. The minimum Gasteiger partial charge on any atom is -0.355 e. The zero-order valence-electron chi connectivity index (χ0n) is 19.0. The van der Waals surface area contributed by atoms with Gasteiger partial charge in [-0.3, -0.25) is 4.79 Å². The second-order valence-electron chi connectivity index (χ2n) is 8.58. The van der Waals surface area contributed by atoms with Crippen molar-refractivity contribution in [2.75, 3.05) is 19.6 Å². The SMILES string of the molecule is O=C(NCC(c1ccccc1)c1ccccc1)C1CNCC(NS(=O)(=O)c2c(F)cccc2F)C1. The van der Waals surface area contributed by atoms with Gasteiger partial charge in [-0.2, -0.15) is 0 Å². The van der Waals surface area contributed by atoms with Crippen molar-refractivity contribution < 1.29 is 22.0 Å². The van der Waals surface area contributed by atoms with Gasteiger partial charge in [0, 0.05) is 31.6 Å². The molecule has 1 amide bonds. The number of carbonyl (C=O) groups is 1. The monoisotopic (exact) mass is 499 g/mol. The molecule has 0 bridgehead atoms. The van der Waals surface area contributed by atoms with E-state index in [1.807, 2.05) is 60.7 Å². The zero-order valence-corrected chi connectivity index (χ0v) is 19.8. The smallest absolute Gasteiger partial charge is 0.246 e. The summed E-state index contributed by atoms with van der Waals surface area (Å²) < 4.78 is 55.6. The number of benzene rings is 3. The van der Waals surface area contributed by atoms with Gasteiger partial charge in [-0.1, -0.05) is 66.7 Å². The molecule has 0 radical (unpaired) electrons. The Morgan fingerprint density at radius 2 is 1.46 bits per heavy atom. The highest BCUT2D eigenvalue weighted by molar-refractivity contribution is 7.89. The first-order valence-corrected chi connectivity index (χ1v) is 12.9. The van der Waals surface area contributed by atoms with Gasteiger partial charge in [0.1, 0.15) is 11.6 Å². The van der Waals surface area contributed by atoms with Gasteiger partial charge in [0.05, 0.1) is 5.92 Å². The lowest BCUT2D eigenvalue weighted by atomic mass is 9.90. The molecule has 1 aliphatic rings. The van der Waals surface area contributed by atoms with Crippen LogP contribution in [0.4, 0.5) is 8.78 Å². The van der Waals surface area contributed by atoms with E-state index >= 15 is 0 Å². The largest absolute Gasteiger partial charge is 0.355 e. The fourth-order valence-corrected chi connectivity index (χ4v) is 5.78. The highest BCUT2D eigenvalue weighted by Crippen LogP contribution is 2.24. The number of hydrogen-bond acceptors (Lipinski definition) is 4. The molecule has 0 aliphatic carbocycles. The maximum absolute atomic E-state index is 14.0. The van der Waals surface area contributed by atoms with Crippen molar-refractivity contribution in [2.45, 2.75) is 23.3 Å². The Morgan fingerprint density at radius 3 is 2.03 bits per heavy atom. The Kier molecular flexibility index (Phi) is 7.90. The van der Waals surface area contributed by atoms with Crippen LogP contribution in [-0.4, -0.2) is 40.0 Å². The van der Waals surface area contributed by atoms with E-state index in [-0.39, 0.29) is 24.8 Å². The average Bonchev–Trinajstić information content (AvgIpc) is 2.85. The van der Waals surface area contributed by atoms with Crippen molar-refractivity contribution in [3.8, 4) is 0 Å². The maximum atomic E-state index is 14.0. The first-order valence-electron chi connectivity index (χ1n) is 11.4. The molecule has 1 heterocycles. The highest BCUT2D eigenvalue weighted by Gasteiger charge is 2.32. The molecule has 0 spiro atoms. The van der Waals surface area contributed by atoms with Crippen LogP contribution in [0.25, 0.3) is 0 Å². The summed E-state index contributed by atoms with van der Waals surface area (Å²) in [6, 6.07) is 21.9. The molecule has 9 heteroatoms. The molecule has 2 unspecified atom stereocenters. The summed E-state index contributed by atoms with van der Waals surface area (Å²) in [5.74, 6) is -3.09. The van der Waals surface area contributed by atoms with Crippen LogP contribution >= 0.6 is 0 Å². The first-order chi connectivity index (χ1) is 16.8. The van der Waals surface area contributed by atoms with Crippen LogP contribution in [0.15, 0.2) is 83.8 Å². The van der Waals surface area contributed by atoms with Crippen LogP contribution in [0, 0.1) is 17.6 Å². The van der Waals surface area contributed by atoms with Gasteiger partial charge in [-0.25, -0.2) is 21.9 Å². The van der Waals surface area contributed by atoms with E-state index < -0.39 is 38.5 Å². The summed E-state index contributed by atoms with van der Waals surface area (Å²) in [7, 11) is -4.44. The fourth-order valence-electron chi connectivity index (χ4n) is 4.39. The lowest BCUT2D eigenvalue weighted by Crippen LogP contribution is -2.52. The van der Waals surface area contributed by atoms with Gasteiger partial charge in [-0.05, 0) is 29.7 Å². The van der Waals surface area contributed by atoms with Crippen LogP contribution in [-0.2, 0) is 14.8 Å². The number of sulfonamides is 1. The summed E-state index contributed by atoms with van der Waals surface area (Å²) in [6.45, 7) is 0.995. The molecule has 6 nitrogen and oxygen atoms in total. The van der Waals surface area contributed by atoms with Crippen molar-refractivity contribution in [3.05, 3.63) is 102 Å². The number of amides is 1. The Labute approximate surface area is 203 Å². The van der Waals surface area contributed by atoms with Crippen molar-refractivity contribution in [2.24, 2.45) is 5.92 Å². The number of hydrogen-bond donors (Lipinski definition) is 3. The molecule has 184 valence electrons. The first kappa shape index (κ1) is 25.0. The maximum Gasteiger partial charge on any atom is 0.246 e. The van der Waals surface area contributed by atoms with Gasteiger partial charge in [0.25, 0.3) is 0 Å². The second-order valence-corrected chi connectivity index (χ2v) is 10.2. The third-order valence-electron chi connectivity index (χ3n) is 6.12. The standard InChI is InChI=1S/C26H27F2N3O3S/c27-23-12-7-13-24(28)25(23)35(33,34)31-21-14-20(15-29-16-21)26(32)30-17-22(18-8-3-1-4-9-18)19-10-5-2-6-11-19/h1-13,20-22,29,31H,14-17H2,(H,30,32). The highest BCUT2D eigenvalue weighted by atomic mass is 32.2. The number of carbonyl (C=O) groups excluding carboxylic acids is 1. The summed E-state index contributed by atoms with van der Waals surface area (Å²) in [5, 5.41) is 6.05. The van der Waals surface area contributed by atoms with Crippen LogP contribution in [0.3, 0.4) is 0 Å². The molecule has 3 aromatic carbocycles. The van der Waals surface area contributed by atoms with E-state index in [2.05, 4.69) is 15.4 Å². The van der Waals surface area contributed by atoms with E-state index in [0.717, 1.165) is 29.3 Å². The number of rotatable bonds is 8. The predicted molar refractivity (Wildman–Crippen MR) is 129 cm³/mol. The molecule has 0 saturated carbocycles. The number of piperidine rings is 1. The van der Waals surface area contributed by atoms with E-state index in [9.17, 15) is 22.0 Å². The molecule has 2 atom stereocenters. The van der Waals surface area contributed by atoms with Crippen molar-refractivity contribution in [1.29, 1.82) is 0 Å². The van der Waals surface area contributed by atoms with Gasteiger partial charge >= 0.3 is 0 Å². The molecule has 4 rings (SSSR count). The predicted octanol–water partition coefficient (Wildman–Crippen LogP) is 3.17. The summed E-state index contributed by atoms with van der Waals surface area (Å²) >= 11 is 0. The average molecular weight is 500 g/mol. The van der Waals surface area contributed by atoms with Gasteiger partial charge in [-0.15, -0.1) is 0 Å². The Bertz CT molecular complexity index is 1200. The molecule has 1 saturated heterocycles. The van der Waals surface area contributed by atoms with Crippen molar-refractivity contribution in [1.82, 2.24) is 15.4 Å². The molecular formula is C26H27F2N3O3S. The van der Waals surface area contributed by atoms with E-state index in [4.69, 9.17) is 0 Å². The third kappa shape index (κ3) is 6.11. The van der Waals surface area contributed by atoms with Crippen molar-refractivity contribution in [3.63, 3.8) is 0 Å². The molecular weight excluding hydrogens is 472 g/mol. The van der Waals surface area contributed by atoms with Gasteiger partial charge < -0.3 is 10.6 Å². The fraction of sp³-hybridized carbons (Fsp3) is 0.269. The molecule has 1 fully saturated rings. The molecule has 3 N–H and O–H groups in total. The second kappa shape index (κ2) is 11.1. The van der Waals surface area contributed by atoms with Crippen LogP contribution < -0.4 is 15.4 Å². The minimum atomic E-state index is -4.44. The Hall–Kier alpha value is -3.14. The topological polar surface area (TPSA) is 87.3 Å². The molecule has 0 aromatic heterocycles. The van der Waals surface area contributed by atoms with E-state index in [1.165, 1.54) is 0 Å². The summed E-state index contributed by atoms with van der Waals surface area (Å²) in [6.07, 6.45) is 0.204. The van der Waals surface area contributed by atoms with E-state index in [1.54, 1.807) is 0 Å². The zero-order chi connectivity index (χ0) is 24.8. The van der Waals surface area contributed by atoms with E-state index in [0.29, 0.717) is 13.1 Å². The lowest BCUT2D eigenvalue weighted by Gasteiger charge is -2.30. The third-order valence-corrected chi connectivity index (χ3v) is 7.69. The molecule has 1 aliphatic heterocycles.